The van der Waals surface area contributed by atoms with Crippen molar-refractivity contribution < 1.29 is 13.9 Å². The van der Waals surface area contributed by atoms with Crippen LogP contribution in [0.25, 0.3) is 0 Å². The molecule has 1 heterocycles. The SMILES string of the molecule is COc1ccc(F)c(C(=O)N2CCNCC2)c1. The van der Waals surface area contributed by atoms with E-state index < -0.39 is 5.82 Å². The second-order valence-electron chi connectivity index (χ2n) is 3.89. The van der Waals surface area contributed by atoms with E-state index in [4.69, 9.17) is 4.74 Å². The van der Waals surface area contributed by atoms with Gasteiger partial charge >= 0.3 is 0 Å². The summed E-state index contributed by atoms with van der Waals surface area (Å²) in [5, 5.41) is 3.15. The molecule has 1 aromatic rings. The number of nitrogens with one attached hydrogen (secondary N) is 1. The fourth-order valence-electron chi connectivity index (χ4n) is 1.83. The van der Waals surface area contributed by atoms with Crippen LogP contribution in [0.3, 0.4) is 0 Å². The summed E-state index contributed by atoms with van der Waals surface area (Å²) in [5.41, 5.74) is 0.0752. The Bertz CT molecular complexity index is 417. The number of methoxy groups -OCH3 is 1. The lowest BCUT2D eigenvalue weighted by Gasteiger charge is -2.27. The summed E-state index contributed by atoms with van der Waals surface area (Å²) in [5.74, 6) is -0.290. The Labute approximate surface area is 99.4 Å². The topological polar surface area (TPSA) is 41.6 Å². The van der Waals surface area contributed by atoms with Gasteiger partial charge in [-0.05, 0) is 18.2 Å². The lowest BCUT2D eigenvalue weighted by Crippen LogP contribution is -2.46. The van der Waals surface area contributed by atoms with Crippen LogP contribution < -0.4 is 10.1 Å². The first-order valence-corrected chi connectivity index (χ1v) is 5.56. The van der Waals surface area contributed by atoms with Crippen LogP contribution in [0.1, 0.15) is 10.4 Å². The molecule has 17 heavy (non-hydrogen) atoms. The minimum atomic E-state index is -0.505. The van der Waals surface area contributed by atoms with E-state index in [0.29, 0.717) is 18.8 Å². The summed E-state index contributed by atoms with van der Waals surface area (Å²) in [7, 11) is 1.49. The van der Waals surface area contributed by atoms with Crippen LogP contribution in [0, 0.1) is 5.82 Å². The predicted octanol–water partition coefficient (Wildman–Crippen LogP) is 0.880. The molecule has 0 bridgehead atoms. The number of hydrogen-bond donors (Lipinski definition) is 1. The molecular weight excluding hydrogens is 223 g/mol. The minimum Gasteiger partial charge on any atom is -0.497 e. The quantitative estimate of drug-likeness (QED) is 0.831. The normalized spacial score (nSPS) is 15.8. The Morgan fingerprint density at radius 2 is 2.12 bits per heavy atom. The van der Waals surface area contributed by atoms with Gasteiger partial charge in [-0.25, -0.2) is 4.39 Å². The van der Waals surface area contributed by atoms with Crippen molar-refractivity contribution >= 4 is 5.91 Å². The first-order valence-electron chi connectivity index (χ1n) is 5.56. The number of halogens is 1. The molecule has 1 aliphatic rings. The lowest BCUT2D eigenvalue weighted by atomic mass is 10.1. The summed E-state index contributed by atoms with van der Waals surface area (Å²) >= 11 is 0. The van der Waals surface area contributed by atoms with Crippen molar-refractivity contribution in [2.45, 2.75) is 0 Å². The number of benzene rings is 1. The zero-order chi connectivity index (χ0) is 12.3. The van der Waals surface area contributed by atoms with Gasteiger partial charge in [0, 0.05) is 26.2 Å². The van der Waals surface area contributed by atoms with Crippen molar-refractivity contribution in [1.82, 2.24) is 10.2 Å². The highest BCUT2D eigenvalue weighted by molar-refractivity contribution is 5.95. The summed E-state index contributed by atoms with van der Waals surface area (Å²) in [6.45, 7) is 2.71. The smallest absolute Gasteiger partial charge is 0.257 e. The third-order valence-corrected chi connectivity index (χ3v) is 2.81. The fraction of sp³-hybridized carbons (Fsp3) is 0.417. The molecule has 1 fully saturated rings. The number of carbonyl (C=O) groups excluding carboxylic acids is 1. The van der Waals surface area contributed by atoms with Crippen LogP contribution in [0.4, 0.5) is 4.39 Å². The maximum Gasteiger partial charge on any atom is 0.257 e. The molecule has 1 aromatic carbocycles. The van der Waals surface area contributed by atoms with Crippen molar-refractivity contribution in [1.29, 1.82) is 0 Å². The molecule has 0 radical (unpaired) electrons. The molecule has 0 spiro atoms. The summed E-state index contributed by atoms with van der Waals surface area (Å²) in [4.78, 5) is 13.7. The van der Waals surface area contributed by atoms with Crippen LogP contribution in [-0.4, -0.2) is 44.1 Å². The van der Waals surface area contributed by atoms with Gasteiger partial charge in [-0.2, -0.15) is 0 Å². The monoisotopic (exact) mass is 238 g/mol. The first kappa shape index (κ1) is 11.9. The Morgan fingerprint density at radius 3 is 2.76 bits per heavy atom. The number of hydrogen-bond acceptors (Lipinski definition) is 3. The van der Waals surface area contributed by atoms with E-state index in [2.05, 4.69) is 5.32 Å². The maximum atomic E-state index is 13.6. The Balaban J connectivity index is 2.22. The van der Waals surface area contributed by atoms with E-state index in [1.54, 1.807) is 4.90 Å². The maximum absolute atomic E-state index is 13.6. The highest BCUT2D eigenvalue weighted by Crippen LogP contribution is 2.18. The van der Waals surface area contributed by atoms with Gasteiger partial charge in [0.25, 0.3) is 5.91 Å². The average Bonchev–Trinajstić information content (AvgIpc) is 2.39. The van der Waals surface area contributed by atoms with E-state index in [0.717, 1.165) is 13.1 Å². The average molecular weight is 238 g/mol. The molecule has 0 aromatic heterocycles. The van der Waals surface area contributed by atoms with Crippen LogP contribution in [0.5, 0.6) is 5.75 Å². The molecule has 0 atom stereocenters. The second kappa shape index (κ2) is 5.14. The number of carbonyl (C=O) groups is 1. The molecule has 1 amide bonds. The first-order chi connectivity index (χ1) is 8.22. The van der Waals surface area contributed by atoms with E-state index in [9.17, 15) is 9.18 Å². The van der Waals surface area contributed by atoms with Crippen LogP contribution in [-0.2, 0) is 0 Å². The molecule has 4 nitrogen and oxygen atoms in total. The zero-order valence-corrected chi connectivity index (χ0v) is 9.70. The Morgan fingerprint density at radius 1 is 1.41 bits per heavy atom. The number of amides is 1. The number of nitrogens with zero attached hydrogens (tertiary/aromatic N) is 1. The Hall–Kier alpha value is -1.62. The van der Waals surface area contributed by atoms with Crippen molar-refractivity contribution in [3.8, 4) is 5.75 Å². The largest absolute Gasteiger partial charge is 0.497 e. The minimum absolute atomic E-state index is 0.0752. The molecular formula is C12H15FN2O2. The number of piperazine rings is 1. The molecule has 0 unspecified atom stereocenters. The van der Waals surface area contributed by atoms with E-state index in [1.807, 2.05) is 0 Å². The molecule has 0 saturated carbocycles. The van der Waals surface area contributed by atoms with Gasteiger partial charge in [0.15, 0.2) is 0 Å². The molecule has 92 valence electrons. The van der Waals surface area contributed by atoms with Gasteiger partial charge in [-0.15, -0.1) is 0 Å². The van der Waals surface area contributed by atoms with Gasteiger partial charge < -0.3 is 15.0 Å². The lowest BCUT2D eigenvalue weighted by molar-refractivity contribution is 0.0730. The summed E-state index contributed by atoms with van der Waals surface area (Å²) in [6, 6.07) is 4.21. The van der Waals surface area contributed by atoms with Gasteiger partial charge in [0.05, 0.1) is 12.7 Å². The molecule has 5 heteroatoms. The van der Waals surface area contributed by atoms with Crippen molar-refractivity contribution in [2.75, 3.05) is 33.3 Å². The van der Waals surface area contributed by atoms with E-state index in [-0.39, 0.29) is 11.5 Å². The van der Waals surface area contributed by atoms with Crippen LogP contribution in [0.15, 0.2) is 18.2 Å². The van der Waals surface area contributed by atoms with Crippen LogP contribution in [0.2, 0.25) is 0 Å². The fourth-order valence-corrected chi connectivity index (χ4v) is 1.83. The standard InChI is InChI=1S/C12H15FN2O2/c1-17-9-2-3-11(13)10(8-9)12(16)15-6-4-14-5-7-15/h2-3,8,14H,4-7H2,1H3. The van der Waals surface area contributed by atoms with Gasteiger partial charge in [0.1, 0.15) is 11.6 Å². The van der Waals surface area contributed by atoms with Crippen molar-refractivity contribution in [2.24, 2.45) is 0 Å². The molecule has 2 rings (SSSR count). The number of rotatable bonds is 2. The van der Waals surface area contributed by atoms with Gasteiger partial charge in [-0.1, -0.05) is 0 Å². The highest BCUT2D eigenvalue weighted by Gasteiger charge is 2.21. The van der Waals surface area contributed by atoms with Crippen LogP contribution >= 0.6 is 0 Å². The van der Waals surface area contributed by atoms with Crippen molar-refractivity contribution in [3.63, 3.8) is 0 Å². The number of ether oxygens (including phenoxy) is 1. The molecule has 1 aliphatic heterocycles. The molecule has 1 N–H and O–H groups in total. The molecule has 0 aliphatic carbocycles. The third kappa shape index (κ3) is 2.55. The highest BCUT2D eigenvalue weighted by atomic mass is 19.1. The third-order valence-electron chi connectivity index (χ3n) is 2.81. The summed E-state index contributed by atoms with van der Waals surface area (Å²) < 4.78 is 18.6. The second-order valence-corrected chi connectivity index (χ2v) is 3.89. The zero-order valence-electron chi connectivity index (χ0n) is 9.70. The van der Waals surface area contributed by atoms with E-state index in [1.165, 1.54) is 25.3 Å². The predicted molar refractivity (Wildman–Crippen MR) is 61.7 cm³/mol. The van der Waals surface area contributed by atoms with Crippen molar-refractivity contribution in [3.05, 3.63) is 29.6 Å². The van der Waals surface area contributed by atoms with Gasteiger partial charge in [-0.3, -0.25) is 4.79 Å². The van der Waals surface area contributed by atoms with Gasteiger partial charge in [0.2, 0.25) is 0 Å². The summed E-state index contributed by atoms with van der Waals surface area (Å²) in [6.07, 6.45) is 0. The Kier molecular flexibility index (Phi) is 3.58. The molecule has 1 saturated heterocycles. The van der Waals surface area contributed by atoms with E-state index >= 15 is 0 Å².